The van der Waals surface area contributed by atoms with Gasteiger partial charge in [0.25, 0.3) is 0 Å². The number of thiophene rings is 1. The lowest BCUT2D eigenvalue weighted by Crippen LogP contribution is -2.08. The molecule has 0 bridgehead atoms. The van der Waals surface area contributed by atoms with E-state index in [1.807, 2.05) is 41.1 Å². The molecule has 1 amide bonds. The van der Waals surface area contributed by atoms with Gasteiger partial charge in [0.2, 0.25) is 5.91 Å². The number of hydrogen-bond donors (Lipinski definition) is 1. The van der Waals surface area contributed by atoms with Crippen molar-refractivity contribution < 1.29 is 9.53 Å². The molecule has 1 N–H and O–H groups in total. The number of carbonyl (C=O) groups is 1. The molecule has 0 saturated carbocycles. The summed E-state index contributed by atoms with van der Waals surface area (Å²) in [7, 11) is 0. The van der Waals surface area contributed by atoms with Gasteiger partial charge in [0.15, 0.2) is 5.75 Å². The summed E-state index contributed by atoms with van der Waals surface area (Å²) in [5.74, 6) is 0.842. The van der Waals surface area contributed by atoms with E-state index >= 15 is 0 Å². The third-order valence-corrected chi connectivity index (χ3v) is 4.19. The molecular weight excluding hydrogens is 342 g/mol. The summed E-state index contributed by atoms with van der Waals surface area (Å²) in [5, 5.41) is 7.27. The summed E-state index contributed by atoms with van der Waals surface area (Å²) >= 11 is 7.70. The number of amides is 1. The van der Waals surface area contributed by atoms with E-state index in [1.54, 1.807) is 41.7 Å². The topological polar surface area (TPSA) is 38.3 Å². The molecule has 2 aromatic carbocycles. The van der Waals surface area contributed by atoms with Crippen LogP contribution in [0.2, 0.25) is 5.02 Å². The zero-order chi connectivity index (χ0) is 16.8. The Morgan fingerprint density at radius 1 is 1.04 bits per heavy atom. The summed E-state index contributed by atoms with van der Waals surface area (Å²) < 4.78 is 5.82. The van der Waals surface area contributed by atoms with E-state index in [4.69, 9.17) is 16.3 Å². The van der Waals surface area contributed by atoms with Crippen molar-refractivity contribution >= 4 is 40.6 Å². The first-order chi connectivity index (χ1) is 11.7. The van der Waals surface area contributed by atoms with Crippen LogP contribution < -0.4 is 10.1 Å². The van der Waals surface area contributed by atoms with E-state index in [0.717, 1.165) is 5.56 Å². The lowest BCUT2D eigenvalue weighted by molar-refractivity contribution is -0.111. The maximum atomic E-state index is 12.1. The minimum atomic E-state index is -0.226. The molecule has 0 fully saturated rings. The van der Waals surface area contributed by atoms with Gasteiger partial charge in [-0.2, -0.15) is 11.3 Å². The highest BCUT2D eigenvalue weighted by Gasteiger charge is 2.08. The minimum Gasteiger partial charge on any atom is -0.454 e. The summed E-state index contributed by atoms with van der Waals surface area (Å²) in [6, 6.07) is 16.4. The largest absolute Gasteiger partial charge is 0.454 e. The minimum absolute atomic E-state index is 0.226. The van der Waals surface area contributed by atoms with Crippen LogP contribution in [0.5, 0.6) is 11.5 Å². The third-order valence-electron chi connectivity index (χ3n) is 3.17. The van der Waals surface area contributed by atoms with Gasteiger partial charge < -0.3 is 10.1 Å². The smallest absolute Gasteiger partial charge is 0.248 e. The quantitative estimate of drug-likeness (QED) is 0.583. The predicted molar refractivity (Wildman–Crippen MR) is 100.0 cm³/mol. The number of carbonyl (C=O) groups excluding carboxylic acids is 1. The molecule has 0 radical (unpaired) electrons. The molecule has 0 aliphatic heterocycles. The number of hydrogen-bond acceptors (Lipinski definition) is 3. The Balaban J connectivity index is 1.74. The molecule has 0 aliphatic carbocycles. The number of halogens is 1. The Kier molecular flexibility index (Phi) is 5.31. The molecule has 0 saturated heterocycles. The van der Waals surface area contributed by atoms with Crippen LogP contribution in [0.3, 0.4) is 0 Å². The molecule has 0 spiro atoms. The number of benzene rings is 2. The van der Waals surface area contributed by atoms with Crippen LogP contribution >= 0.6 is 22.9 Å². The number of nitrogens with one attached hydrogen (secondary N) is 1. The zero-order valence-electron chi connectivity index (χ0n) is 12.6. The summed E-state index contributed by atoms with van der Waals surface area (Å²) in [5.41, 5.74) is 1.58. The Morgan fingerprint density at radius 2 is 1.79 bits per heavy atom. The van der Waals surface area contributed by atoms with Gasteiger partial charge in [-0.1, -0.05) is 35.9 Å². The summed E-state index contributed by atoms with van der Waals surface area (Å²) in [6.07, 6.45) is 3.26. The lowest BCUT2D eigenvalue weighted by Gasteiger charge is -2.12. The fourth-order valence-corrected chi connectivity index (χ4v) is 2.82. The number of ether oxygens (including phenoxy) is 1. The highest BCUT2D eigenvalue weighted by molar-refractivity contribution is 7.08. The molecule has 1 aromatic heterocycles. The number of para-hydroxylation sites is 3. The first-order valence-electron chi connectivity index (χ1n) is 7.25. The summed E-state index contributed by atoms with van der Waals surface area (Å²) in [4.78, 5) is 12.1. The third kappa shape index (κ3) is 4.25. The molecule has 0 unspecified atom stereocenters. The van der Waals surface area contributed by atoms with Crippen molar-refractivity contribution in [2.45, 2.75) is 0 Å². The normalized spacial score (nSPS) is 10.7. The molecule has 0 atom stereocenters. The fourth-order valence-electron chi connectivity index (χ4n) is 2.02. The van der Waals surface area contributed by atoms with E-state index in [0.29, 0.717) is 22.2 Å². The summed E-state index contributed by atoms with van der Waals surface area (Å²) in [6.45, 7) is 0. The van der Waals surface area contributed by atoms with Gasteiger partial charge in [0, 0.05) is 6.08 Å². The van der Waals surface area contributed by atoms with E-state index < -0.39 is 0 Å². The van der Waals surface area contributed by atoms with Crippen molar-refractivity contribution in [3.05, 3.63) is 82.0 Å². The first-order valence-corrected chi connectivity index (χ1v) is 8.57. The van der Waals surface area contributed by atoms with Crippen molar-refractivity contribution in [3.8, 4) is 11.5 Å². The SMILES string of the molecule is O=C(/C=C/c1ccsc1)Nc1ccccc1Oc1ccccc1Cl. The van der Waals surface area contributed by atoms with E-state index in [9.17, 15) is 4.79 Å². The monoisotopic (exact) mass is 355 g/mol. The molecule has 24 heavy (non-hydrogen) atoms. The van der Waals surface area contributed by atoms with E-state index in [1.165, 1.54) is 6.08 Å². The molecule has 120 valence electrons. The van der Waals surface area contributed by atoms with Crippen LogP contribution in [0.4, 0.5) is 5.69 Å². The average Bonchev–Trinajstić information content (AvgIpc) is 3.10. The highest BCUT2D eigenvalue weighted by atomic mass is 35.5. The maximum Gasteiger partial charge on any atom is 0.248 e. The second-order valence-electron chi connectivity index (χ2n) is 4.91. The van der Waals surface area contributed by atoms with Crippen LogP contribution in [0.25, 0.3) is 6.08 Å². The molecule has 3 nitrogen and oxygen atoms in total. The van der Waals surface area contributed by atoms with Crippen LogP contribution in [-0.2, 0) is 4.79 Å². The van der Waals surface area contributed by atoms with Gasteiger partial charge in [-0.05, 0) is 52.7 Å². The van der Waals surface area contributed by atoms with E-state index in [2.05, 4.69) is 5.32 Å². The van der Waals surface area contributed by atoms with Gasteiger partial charge in [-0.3, -0.25) is 4.79 Å². The maximum absolute atomic E-state index is 12.1. The second kappa shape index (κ2) is 7.81. The Labute approximate surface area is 149 Å². The van der Waals surface area contributed by atoms with Crippen molar-refractivity contribution in [2.24, 2.45) is 0 Å². The van der Waals surface area contributed by atoms with Gasteiger partial charge in [-0.25, -0.2) is 0 Å². The van der Waals surface area contributed by atoms with Gasteiger partial charge in [0.05, 0.1) is 10.7 Å². The van der Waals surface area contributed by atoms with Gasteiger partial charge in [-0.15, -0.1) is 0 Å². The highest BCUT2D eigenvalue weighted by Crippen LogP contribution is 2.33. The standard InChI is InChI=1S/C19H14ClNO2S/c20-15-5-1-3-7-17(15)23-18-8-4-2-6-16(18)21-19(22)10-9-14-11-12-24-13-14/h1-13H,(H,21,22)/b10-9+. The second-order valence-corrected chi connectivity index (χ2v) is 6.10. The fraction of sp³-hybridized carbons (Fsp3) is 0. The zero-order valence-corrected chi connectivity index (χ0v) is 14.2. The molecule has 5 heteroatoms. The lowest BCUT2D eigenvalue weighted by atomic mass is 10.2. The number of anilines is 1. The average molecular weight is 356 g/mol. The Morgan fingerprint density at radius 3 is 2.54 bits per heavy atom. The molecule has 3 rings (SSSR count). The van der Waals surface area contributed by atoms with Crippen molar-refractivity contribution in [2.75, 3.05) is 5.32 Å². The van der Waals surface area contributed by atoms with Crippen LogP contribution in [0, 0.1) is 0 Å². The Hall–Kier alpha value is -2.56. The molecule has 0 aliphatic rings. The van der Waals surface area contributed by atoms with Crippen molar-refractivity contribution in [3.63, 3.8) is 0 Å². The Bertz CT molecular complexity index is 859. The predicted octanol–water partition coefficient (Wildman–Crippen LogP) is 5.85. The van der Waals surface area contributed by atoms with Crippen LogP contribution in [0.1, 0.15) is 5.56 Å². The van der Waals surface area contributed by atoms with E-state index in [-0.39, 0.29) is 5.91 Å². The van der Waals surface area contributed by atoms with Crippen molar-refractivity contribution in [1.29, 1.82) is 0 Å². The molecule has 1 heterocycles. The van der Waals surface area contributed by atoms with Gasteiger partial charge in [0.1, 0.15) is 5.75 Å². The number of rotatable bonds is 5. The molecular formula is C19H14ClNO2S. The van der Waals surface area contributed by atoms with Crippen LogP contribution in [-0.4, -0.2) is 5.91 Å². The van der Waals surface area contributed by atoms with Crippen molar-refractivity contribution in [1.82, 2.24) is 0 Å². The van der Waals surface area contributed by atoms with Crippen LogP contribution in [0.15, 0.2) is 71.4 Å². The first kappa shape index (κ1) is 16.3. The van der Waals surface area contributed by atoms with Gasteiger partial charge >= 0.3 is 0 Å². The molecule has 3 aromatic rings.